The number of carbonyl (C=O) groups excluding carboxylic acids is 1. The Morgan fingerprint density at radius 2 is 2.03 bits per heavy atom. The van der Waals surface area contributed by atoms with Crippen LogP contribution in [0, 0.1) is 6.92 Å². The monoisotopic (exact) mass is 467 g/mol. The van der Waals surface area contributed by atoms with Gasteiger partial charge >= 0.3 is 0 Å². The third kappa shape index (κ3) is 4.15. The Kier molecular flexibility index (Phi) is 5.95. The zero-order chi connectivity index (χ0) is 22.1. The molecule has 1 aliphatic rings. The number of ether oxygens (including phenoxy) is 1. The predicted octanol–water partition coefficient (Wildman–Crippen LogP) is 3.78. The van der Waals surface area contributed by atoms with Crippen molar-refractivity contribution < 1.29 is 9.53 Å². The van der Waals surface area contributed by atoms with Gasteiger partial charge in [-0.05, 0) is 36.8 Å². The van der Waals surface area contributed by atoms with Gasteiger partial charge in [-0.1, -0.05) is 17.4 Å². The van der Waals surface area contributed by atoms with Gasteiger partial charge in [-0.3, -0.25) is 9.69 Å². The summed E-state index contributed by atoms with van der Waals surface area (Å²) in [5.74, 6) is 0.801. The molecular weight excluding hydrogens is 442 g/mol. The Bertz CT molecular complexity index is 1260. The molecule has 4 aromatic rings. The number of anilines is 1. The van der Waals surface area contributed by atoms with E-state index in [2.05, 4.69) is 33.1 Å². The lowest BCUT2D eigenvalue weighted by atomic mass is 10.2. The number of benzene rings is 2. The molecule has 0 unspecified atom stereocenters. The largest absolute Gasteiger partial charge is 0.494 e. The first-order valence-electron chi connectivity index (χ1n) is 10.7. The van der Waals surface area contributed by atoms with Gasteiger partial charge in [0.2, 0.25) is 0 Å². The van der Waals surface area contributed by atoms with Crippen LogP contribution in [0.25, 0.3) is 20.4 Å². The van der Waals surface area contributed by atoms with Crippen LogP contribution in [0.1, 0.15) is 15.9 Å². The van der Waals surface area contributed by atoms with Crippen LogP contribution in [0.3, 0.4) is 0 Å². The molecule has 1 N–H and O–H groups in total. The van der Waals surface area contributed by atoms with Gasteiger partial charge in [-0.15, -0.1) is 11.3 Å². The summed E-state index contributed by atoms with van der Waals surface area (Å²) in [5, 5.41) is 4.10. The van der Waals surface area contributed by atoms with E-state index in [9.17, 15) is 4.79 Å². The number of hydrogen-bond donors (Lipinski definition) is 1. The van der Waals surface area contributed by atoms with Crippen LogP contribution < -0.4 is 15.0 Å². The summed E-state index contributed by atoms with van der Waals surface area (Å²) >= 11 is 3.29. The SMILES string of the molecule is COc1ccc(C)c2sc(N3CCN(CCNC(=O)c4ccc5ncsc5c4)CC3)nc12. The highest BCUT2D eigenvalue weighted by atomic mass is 32.1. The van der Waals surface area contributed by atoms with Crippen LogP contribution in [0.15, 0.2) is 35.8 Å². The van der Waals surface area contributed by atoms with Crippen LogP contribution in [0.5, 0.6) is 5.75 Å². The molecule has 1 aliphatic heterocycles. The molecule has 9 heteroatoms. The third-order valence-electron chi connectivity index (χ3n) is 5.86. The average Bonchev–Trinajstić information content (AvgIpc) is 3.47. The number of thiazole rings is 2. The van der Waals surface area contributed by atoms with Crippen LogP contribution in [-0.4, -0.2) is 67.2 Å². The van der Waals surface area contributed by atoms with Crippen molar-refractivity contribution in [3.8, 4) is 5.75 Å². The average molecular weight is 468 g/mol. The van der Waals surface area contributed by atoms with E-state index in [0.717, 1.165) is 59.3 Å². The van der Waals surface area contributed by atoms with E-state index in [1.54, 1.807) is 35.3 Å². The number of piperazine rings is 1. The number of aromatic nitrogens is 2. The topological polar surface area (TPSA) is 70.6 Å². The lowest BCUT2D eigenvalue weighted by Gasteiger charge is -2.34. The highest BCUT2D eigenvalue weighted by Gasteiger charge is 2.21. The van der Waals surface area contributed by atoms with Crippen molar-refractivity contribution in [1.82, 2.24) is 20.2 Å². The Balaban J connectivity index is 1.14. The van der Waals surface area contributed by atoms with Crippen molar-refractivity contribution in [3.05, 3.63) is 47.0 Å². The first-order chi connectivity index (χ1) is 15.6. The first-order valence-corrected chi connectivity index (χ1v) is 12.3. The number of nitrogens with one attached hydrogen (secondary N) is 1. The van der Waals surface area contributed by atoms with E-state index >= 15 is 0 Å². The fourth-order valence-corrected chi connectivity index (χ4v) is 5.81. The molecule has 0 bridgehead atoms. The van der Waals surface area contributed by atoms with Gasteiger partial charge in [0.1, 0.15) is 11.3 Å². The maximum absolute atomic E-state index is 12.5. The quantitative estimate of drug-likeness (QED) is 0.465. The molecule has 0 saturated carbocycles. The molecule has 32 heavy (non-hydrogen) atoms. The second-order valence-electron chi connectivity index (χ2n) is 7.88. The molecule has 5 rings (SSSR count). The second kappa shape index (κ2) is 9.01. The Morgan fingerprint density at radius 1 is 1.19 bits per heavy atom. The van der Waals surface area contributed by atoms with Crippen molar-refractivity contribution >= 4 is 54.1 Å². The third-order valence-corrected chi connectivity index (χ3v) is 7.91. The molecule has 1 fully saturated rings. The summed E-state index contributed by atoms with van der Waals surface area (Å²) in [6.45, 7) is 7.36. The predicted molar refractivity (Wildman–Crippen MR) is 132 cm³/mol. The van der Waals surface area contributed by atoms with Gasteiger partial charge in [-0.2, -0.15) is 0 Å². The minimum Gasteiger partial charge on any atom is -0.494 e. The molecule has 2 aromatic heterocycles. The molecule has 1 amide bonds. The maximum Gasteiger partial charge on any atom is 0.251 e. The van der Waals surface area contributed by atoms with E-state index < -0.39 is 0 Å². The highest BCUT2D eigenvalue weighted by Crippen LogP contribution is 2.36. The first kappa shape index (κ1) is 21.1. The minimum absolute atomic E-state index is 0.0299. The zero-order valence-electron chi connectivity index (χ0n) is 18.1. The van der Waals surface area contributed by atoms with E-state index in [4.69, 9.17) is 9.72 Å². The Morgan fingerprint density at radius 3 is 2.84 bits per heavy atom. The van der Waals surface area contributed by atoms with Gasteiger partial charge < -0.3 is 15.0 Å². The molecule has 0 aliphatic carbocycles. The molecule has 0 spiro atoms. The van der Waals surface area contributed by atoms with Gasteiger partial charge in [0.05, 0.1) is 27.5 Å². The Hall–Kier alpha value is -2.75. The minimum atomic E-state index is -0.0299. The number of fused-ring (bicyclic) bond motifs is 2. The van der Waals surface area contributed by atoms with Crippen molar-refractivity contribution in [2.24, 2.45) is 0 Å². The van der Waals surface area contributed by atoms with Crippen LogP contribution in [0.4, 0.5) is 5.13 Å². The van der Waals surface area contributed by atoms with E-state index in [0.29, 0.717) is 12.1 Å². The molecule has 0 radical (unpaired) electrons. The fourth-order valence-electron chi connectivity index (χ4n) is 3.99. The molecule has 0 atom stereocenters. The molecule has 3 heterocycles. The smallest absolute Gasteiger partial charge is 0.251 e. The summed E-state index contributed by atoms with van der Waals surface area (Å²) in [6, 6.07) is 9.73. The normalized spacial score (nSPS) is 14.9. The molecular formula is C23H25N5O2S2. The van der Waals surface area contributed by atoms with Crippen LogP contribution >= 0.6 is 22.7 Å². The van der Waals surface area contributed by atoms with Crippen molar-refractivity contribution in [2.45, 2.75) is 6.92 Å². The van der Waals surface area contributed by atoms with E-state index in [1.807, 2.05) is 24.3 Å². The van der Waals surface area contributed by atoms with Crippen molar-refractivity contribution in [3.63, 3.8) is 0 Å². The summed E-state index contributed by atoms with van der Waals surface area (Å²) in [5.41, 5.74) is 5.61. The van der Waals surface area contributed by atoms with Crippen LogP contribution in [0.2, 0.25) is 0 Å². The van der Waals surface area contributed by atoms with Crippen molar-refractivity contribution in [2.75, 3.05) is 51.3 Å². The molecule has 7 nitrogen and oxygen atoms in total. The summed E-state index contributed by atoms with van der Waals surface area (Å²) in [4.78, 5) is 26.4. The number of aryl methyl sites for hydroxylation is 1. The standard InChI is InChI=1S/C23H25N5O2S2/c1-15-3-6-18(30-2)20-21(15)32-23(26-20)28-11-9-27(10-12-28)8-7-24-22(29)16-4-5-17-19(13-16)31-14-25-17/h3-6,13-14H,7-12H2,1-2H3,(H,24,29). The number of carbonyl (C=O) groups is 1. The summed E-state index contributed by atoms with van der Waals surface area (Å²) in [7, 11) is 1.69. The van der Waals surface area contributed by atoms with Gasteiger partial charge in [-0.25, -0.2) is 9.97 Å². The van der Waals surface area contributed by atoms with Gasteiger partial charge in [0.25, 0.3) is 5.91 Å². The number of hydrogen-bond acceptors (Lipinski definition) is 8. The zero-order valence-corrected chi connectivity index (χ0v) is 19.8. The van der Waals surface area contributed by atoms with Crippen molar-refractivity contribution in [1.29, 1.82) is 0 Å². The van der Waals surface area contributed by atoms with Gasteiger partial charge in [0.15, 0.2) is 5.13 Å². The lowest BCUT2D eigenvalue weighted by molar-refractivity contribution is 0.0948. The van der Waals surface area contributed by atoms with Gasteiger partial charge in [0, 0.05) is 44.8 Å². The number of rotatable bonds is 6. The van der Waals surface area contributed by atoms with E-state index in [-0.39, 0.29) is 5.91 Å². The highest BCUT2D eigenvalue weighted by molar-refractivity contribution is 7.22. The molecule has 2 aromatic carbocycles. The number of amides is 1. The summed E-state index contributed by atoms with van der Waals surface area (Å²) in [6.07, 6.45) is 0. The van der Waals surface area contributed by atoms with Crippen LogP contribution in [-0.2, 0) is 0 Å². The number of nitrogens with zero attached hydrogens (tertiary/aromatic N) is 4. The maximum atomic E-state index is 12.5. The second-order valence-corrected chi connectivity index (χ2v) is 9.74. The number of methoxy groups -OCH3 is 1. The fraction of sp³-hybridized carbons (Fsp3) is 0.348. The van der Waals surface area contributed by atoms with E-state index in [1.165, 1.54) is 10.3 Å². The summed E-state index contributed by atoms with van der Waals surface area (Å²) < 4.78 is 7.73. The Labute approximate surface area is 194 Å². The molecule has 166 valence electrons. The lowest BCUT2D eigenvalue weighted by Crippen LogP contribution is -2.48. The molecule has 1 saturated heterocycles.